The molecule has 0 aliphatic heterocycles. The van der Waals surface area contributed by atoms with Gasteiger partial charge in [-0.3, -0.25) is 0 Å². The van der Waals surface area contributed by atoms with Gasteiger partial charge in [0.2, 0.25) is 0 Å². The van der Waals surface area contributed by atoms with Gasteiger partial charge in [-0.25, -0.2) is 8.42 Å². The normalized spacial score (nSPS) is 11.6. The van der Waals surface area contributed by atoms with Crippen molar-refractivity contribution in [2.45, 2.75) is 18.4 Å². The second kappa shape index (κ2) is 4.57. The molecular weight excluding hydrogens is 200 g/mol. The van der Waals surface area contributed by atoms with Gasteiger partial charge in [-0.05, 0) is 17.7 Å². The quantitative estimate of drug-likeness (QED) is 0.765. The molecule has 1 rings (SSSR count). The molecule has 3 nitrogen and oxygen atoms in total. The first kappa shape index (κ1) is 11.2. The van der Waals surface area contributed by atoms with Gasteiger partial charge in [0, 0.05) is 7.11 Å². The Labute approximate surface area is 84.6 Å². The fraction of sp³-hybridized carbons (Fsp3) is 0.400. The predicted octanol–water partition coefficient (Wildman–Crippen LogP) is 1.63. The van der Waals surface area contributed by atoms with Crippen molar-refractivity contribution in [3.63, 3.8) is 0 Å². The summed E-state index contributed by atoms with van der Waals surface area (Å²) in [6.07, 6.45) is 0. The van der Waals surface area contributed by atoms with Crippen LogP contribution < -0.4 is 0 Å². The van der Waals surface area contributed by atoms with E-state index in [0.29, 0.717) is 11.5 Å². The lowest BCUT2D eigenvalue weighted by Gasteiger charge is -2.03. The fourth-order valence-electron chi connectivity index (χ4n) is 1.13. The molecule has 0 aromatic heterocycles. The second-order valence-electron chi connectivity index (χ2n) is 2.98. The maximum Gasteiger partial charge on any atom is 0.178 e. The van der Waals surface area contributed by atoms with Crippen LogP contribution in [0.3, 0.4) is 0 Å². The zero-order valence-corrected chi connectivity index (χ0v) is 9.17. The van der Waals surface area contributed by atoms with Crippen LogP contribution in [-0.4, -0.2) is 21.3 Å². The smallest absolute Gasteiger partial charge is 0.178 e. The molecule has 0 aliphatic carbocycles. The first-order chi connectivity index (χ1) is 6.60. The first-order valence-electron chi connectivity index (χ1n) is 4.41. The summed E-state index contributed by atoms with van der Waals surface area (Å²) in [5.74, 6) is 0.136. The van der Waals surface area contributed by atoms with Crippen molar-refractivity contribution < 1.29 is 13.2 Å². The van der Waals surface area contributed by atoms with Gasteiger partial charge in [0.25, 0.3) is 0 Å². The number of benzene rings is 1. The molecule has 0 atom stereocenters. The summed E-state index contributed by atoms with van der Waals surface area (Å²) < 4.78 is 27.8. The van der Waals surface area contributed by atoms with Crippen LogP contribution in [0.4, 0.5) is 0 Å². The highest BCUT2D eigenvalue weighted by Crippen LogP contribution is 2.12. The summed E-state index contributed by atoms with van der Waals surface area (Å²) in [4.78, 5) is 0.375. The van der Waals surface area contributed by atoms with E-state index in [4.69, 9.17) is 4.74 Å². The molecule has 0 spiro atoms. The van der Waals surface area contributed by atoms with Crippen molar-refractivity contribution in [2.75, 3.05) is 12.9 Å². The molecule has 0 bridgehead atoms. The van der Waals surface area contributed by atoms with E-state index < -0.39 is 9.84 Å². The molecule has 0 N–H and O–H groups in total. The fourth-order valence-corrected chi connectivity index (χ4v) is 2.01. The lowest BCUT2D eigenvalue weighted by molar-refractivity contribution is 0.185. The number of hydrogen-bond donors (Lipinski definition) is 0. The molecule has 4 heteroatoms. The lowest BCUT2D eigenvalue weighted by Crippen LogP contribution is -2.03. The zero-order valence-electron chi connectivity index (χ0n) is 8.36. The van der Waals surface area contributed by atoms with Crippen molar-refractivity contribution >= 4 is 9.84 Å². The number of rotatable bonds is 4. The predicted molar refractivity (Wildman–Crippen MR) is 54.9 cm³/mol. The van der Waals surface area contributed by atoms with Gasteiger partial charge in [0.1, 0.15) is 0 Å². The molecule has 0 fully saturated rings. The highest BCUT2D eigenvalue weighted by molar-refractivity contribution is 7.91. The van der Waals surface area contributed by atoms with Crippen LogP contribution in [0.15, 0.2) is 29.2 Å². The van der Waals surface area contributed by atoms with Crippen molar-refractivity contribution in [3.05, 3.63) is 29.8 Å². The van der Waals surface area contributed by atoms with Gasteiger partial charge in [0.05, 0.1) is 17.3 Å². The average Bonchev–Trinajstić information content (AvgIpc) is 2.19. The monoisotopic (exact) mass is 214 g/mol. The Kier molecular flexibility index (Phi) is 3.66. The van der Waals surface area contributed by atoms with Crippen LogP contribution >= 0.6 is 0 Å². The first-order valence-corrected chi connectivity index (χ1v) is 6.06. The Bertz CT molecular complexity index is 378. The summed E-state index contributed by atoms with van der Waals surface area (Å²) in [5, 5.41) is 0. The van der Waals surface area contributed by atoms with E-state index in [9.17, 15) is 8.42 Å². The Balaban J connectivity index is 2.94. The van der Waals surface area contributed by atoms with Crippen molar-refractivity contribution in [2.24, 2.45) is 0 Å². The van der Waals surface area contributed by atoms with E-state index in [1.54, 1.807) is 38.3 Å². The van der Waals surface area contributed by atoms with E-state index in [0.717, 1.165) is 5.56 Å². The second-order valence-corrected chi connectivity index (χ2v) is 5.26. The summed E-state index contributed by atoms with van der Waals surface area (Å²) in [6, 6.07) is 6.78. The average molecular weight is 214 g/mol. The molecule has 1 aromatic carbocycles. The Morgan fingerprint density at radius 1 is 1.21 bits per heavy atom. The summed E-state index contributed by atoms with van der Waals surface area (Å²) in [5.41, 5.74) is 0.975. The number of ether oxygens (including phenoxy) is 1. The summed E-state index contributed by atoms with van der Waals surface area (Å²) >= 11 is 0. The lowest BCUT2D eigenvalue weighted by atomic mass is 10.2. The molecule has 0 saturated carbocycles. The van der Waals surface area contributed by atoms with E-state index in [1.165, 1.54) is 0 Å². The topological polar surface area (TPSA) is 43.4 Å². The van der Waals surface area contributed by atoms with Gasteiger partial charge < -0.3 is 4.74 Å². The van der Waals surface area contributed by atoms with Crippen LogP contribution in [0.1, 0.15) is 12.5 Å². The van der Waals surface area contributed by atoms with Gasteiger partial charge in [-0.1, -0.05) is 19.1 Å². The van der Waals surface area contributed by atoms with Crippen LogP contribution in [0.5, 0.6) is 0 Å². The maximum atomic E-state index is 11.4. The Morgan fingerprint density at radius 2 is 1.79 bits per heavy atom. The third-order valence-electron chi connectivity index (χ3n) is 1.97. The minimum absolute atomic E-state index is 0.136. The van der Waals surface area contributed by atoms with E-state index in [2.05, 4.69) is 0 Å². The molecule has 0 aliphatic rings. The minimum atomic E-state index is -3.07. The van der Waals surface area contributed by atoms with Gasteiger partial charge in [0.15, 0.2) is 9.84 Å². The van der Waals surface area contributed by atoms with Gasteiger partial charge in [-0.15, -0.1) is 0 Å². The molecule has 0 radical (unpaired) electrons. The third kappa shape index (κ3) is 2.56. The maximum absolute atomic E-state index is 11.4. The SMILES string of the molecule is CCS(=O)(=O)c1ccc(COC)cc1. The highest BCUT2D eigenvalue weighted by atomic mass is 32.2. The van der Waals surface area contributed by atoms with E-state index >= 15 is 0 Å². The molecule has 0 unspecified atom stereocenters. The number of methoxy groups -OCH3 is 1. The van der Waals surface area contributed by atoms with Crippen molar-refractivity contribution in [1.82, 2.24) is 0 Å². The van der Waals surface area contributed by atoms with E-state index in [1.807, 2.05) is 0 Å². The Morgan fingerprint density at radius 3 is 2.21 bits per heavy atom. The van der Waals surface area contributed by atoms with Crippen LogP contribution in [-0.2, 0) is 21.2 Å². The largest absolute Gasteiger partial charge is 0.380 e. The molecule has 78 valence electrons. The molecule has 14 heavy (non-hydrogen) atoms. The number of sulfone groups is 1. The zero-order chi connectivity index (χ0) is 10.6. The Hall–Kier alpha value is -0.870. The van der Waals surface area contributed by atoms with Crippen LogP contribution in [0, 0.1) is 0 Å². The highest BCUT2D eigenvalue weighted by Gasteiger charge is 2.10. The molecule has 0 saturated heterocycles. The molecule has 0 heterocycles. The van der Waals surface area contributed by atoms with Crippen molar-refractivity contribution in [1.29, 1.82) is 0 Å². The van der Waals surface area contributed by atoms with E-state index in [-0.39, 0.29) is 5.75 Å². The molecule has 0 amide bonds. The minimum Gasteiger partial charge on any atom is -0.380 e. The third-order valence-corrected chi connectivity index (χ3v) is 3.72. The number of hydrogen-bond acceptors (Lipinski definition) is 3. The molecular formula is C10H14O3S. The van der Waals surface area contributed by atoms with Crippen molar-refractivity contribution in [3.8, 4) is 0 Å². The summed E-state index contributed by atoms with van der Waals surface area (Å²) in [7, 11) is -1.46. The summed E-state index contributed by atoms with van der Waals surface area (Å²) in [6.45, 7) is 2.14. The van der Waals surface area contributed by atoms with Gasteiger partial charge >= 0.3 is 0 Å². The van der Waals surface area contributed by atoms with Gasteiger partial charge in [-0.2, -0.15) is 0 Å². The molecule has 1 aromatic rings. The van der Waals surface area contributed by atoms with Crippen LogP contribution in [0.25, 0.3) is 0 Å². The standard InChI is InChI=1S/C10H14O3S/c1-3-14(11,12)10-6-4-9(5-7-10)8-13-2/h4-7H,3,8H2,1-2H3. The van der Waals surface area contributed by atoms with Crippen LogP contribution in [0.2, 0.25) is 0 Å².